The second-order valence-electron chi connectivity index (χ2n) is 8.61. The van der Waals surface area contributed by atoms with Crippen LogP contribution in [0.4, 0.5) is 0 Å². The van der Waals surface area contributed by atoms with E-state index in [2.05, 4.69) is 20.8 Å². The second kappa shape index (κ2) is 5.14. The number of rotatable bonds is 2. The standard InChI is InChI=1S/C20H28O4/c1-10(2)11-14(21)12-13(16(23)17(11)24-6)20(5)9-7-8-19(3,4)18(20)15(12)22/h10,18,21,23H,7-9H2,1-6H3/t18-,20+/m1/s1. The van der Waals surface area contributed by atoms with E-state index in [1.807, 2.05) is 13.8 Å². The Balaban J connectivity index is 2.39. The molecule has 1 aromatic rings. The molecule has 4 heteroatoms. The lowest BCUT2D eigenvalue weighted by Crippen LogP contribution is -2.44. The molecular weight excluding hydrogens is 304 g/mol. The van der Waals surface area contributed by atoms with Crippen molar-refractivity contribution < 1.29 is 19.7 Å². The largest absolute Gasteiger partial charge is 0.507 e. The molecule has 0 aromatic heterocycles. The third-order valence-electron chi connectivity index (χ3n) is 6.24. The summed E-state index contributed by atoms with van der Waals surface area (Å²) in [7, 11) is 1.49. The van der Waals surface area contributed by atoms with Crippen LogP contribution in [0, 0.1) is 11.3 Å². The van der Waals surface area contributed by atoms with E-state index >= 15 is 0 Å². The summed E-state index contributed by atoms with van der Waals surface area (Å²) in [5.74, 6) is 0.00930. The topological polar surface area (TPSA) is 66.8 Å². The van der Waals surface area contributed by atoms with Crippen molar-refractivity contribution >= 4 is 5.78 Å². The van der Waals surface area contributed by atoms with Crippen molar-refractivity contribution in [2.45, 2.75) is 65.2 Å². The van der Waals surface area contributed by atoms with Crippen LogP contribution < -0.4 is 4.74 Å². The molecule has 1 fully saturated rings. The number of methoxy groups -OCH3 is 1. The first-order valence-electron chi connectivity index (χ1n) is 8.78. The van der Waals surface area contributed by atoms with Crippen molar-refractivity contribution in [1.29, 1.82) is 0 Å². The minimum atomic E-state index is -0.460. The van der Waals surface area contributed by atoms with Crippen LogP contribution in [0.25, 0.3) is 0 Å². The van der Waals surface area contributed by atoms with Gasteiger partial charge in [-0.25, -0.2) is 0 Å². The van der Waals surface area contributed by atoms with E-state index in [1.54, 1.807) is 0 Å². The summed E-state index contributed by atoms with van der Waals surface area (Å²) in [5.41, 5.74) is 0.803. The first-order valence-corrected chi connectivity index (χ1v) is 8.78. The highest BCUT2D eigenvalue weighted by Gasteiger charge is 2.59. The van der Waals surface area contributed by atoms with Gasteiger partial charge < -0.3 is 14.9 Å². The molecular formula is C20H28O4. The van der Waals surface area contributed by atoms with Gasteiger partial charge in [-0.15, -0.1) is 0 Å². The van der Waals surface area contributed by atoms with E-state index in [1.165, 1.54) is 7.11 Å². The molecule has 0 heterocycles. The van der Waals surface area contributed by atoms with E-state index in [0.29, 0.717) is 22.4 Å². The summed E-state index contributed by atoms with van der Waals surface area (Å²) in [4.78, 5) is 13.3. The number of fused-ring (bicyclic) bond motifs is 3. The first-order chi connectivity index (χ1) is 11.1. The average Bonchev–Trinajstić information content (AvgIpc) is 2.71. The molecule has 0 spiro atoms. The summed E-state index contributed by atoms with van der Waals surface area (Å²) in [6.45, 7) is 10.1. The maximum atomic E-state index is 13.3. The smallest absolute Gasteiger partial charge is 0.171 e. The number of ether oxygens (including phenoxy) is 1. The van der Waals surface area contributed by atoms with Crippen molar-refractivity contribution in [3.8, 4) is 17.2 Å². The number of ketones is 1. The van der Waals surface area contributed by atoms with Gasteiger partial charge in [0.25, 0.3) is 0 Å². The SMILES string of the molecule is COc1c(O)c2c(c(O)c1C(C)C)C(=O)[C@@H]1C(C)(C)CCC[C@@]21C. The highest BCUT2D eigenvalue weighted by molar-refractivity contribution is 6.08. The van der Waals surface area contributed by atoms with Gasteiger partial charge in [0.05, 0.1) is 12.7 Å². The lowest BCUT2D eigenvalue weighted by molar-refractivity contribution is 0.0496. The predicted molar refractivity (Wildman–Crippen MR) is 93.2 cm³/mol. The molecule has 24 heavy (non-hydrogen) atoms. The summed E-state index contributed by atoms with van der Waals surface area (Å²) in [6, 6.07) is 0. The van der Waals surface area contributed by atoms with Crippen LogP contribution in [0.5, 0.6) is 17.2 Å². The van der Waals surface area contributed by atoms with Crippen LogP contribution in [-0.4, -0.2) is 23.1 Å². The minimum absolute atomic E-state index is 0.00826. The molecule has 1 aromatic carbocycles. The molecule has 2 aliphatic carbocycles. The zero-order valence-electron chi connectivity index (χ0n) is 15.5. The highest BCUT2D eigenvalue weighted by Crippen LogP contribution is 2.64. The Kier molecular flexibility index (Phi) is 3.67. The van der Waals surface area contributed by atoms with Crippen molar-refractivity contribution in [3.05, 3.63) is 16.7 Å². The molecule has 2 aliphatic rings. The molecule has 3 rings (SSSR count). The lowest BCUT2D eigenvalue weighted by Gasteiger charge is -2.46. The number of aromatic hydroxyl groups is 2. The normalized spacial score (nSPS) is 28.0. The van der Waals surface area contributed by atoms with Crippen LogP contribution in [0.1, 0.15) is 81.3 Å². The Morgan fingerprint density at radius 3 is 2.29 bits per heavy atom. The van der Waals surface area contributed by atoms with Gasteiger partial charge in [0, 0.05) is 22.5 Å². The molecule has 0 radical (unpaired) electrons. The molecule has 0 unspecified atom stereocenters. The van der Waals surface area contributed by atoms with E-state index < -0.39 is 5.41 Å². The van der Waals surface area contributed by atoms with E-state index in [9.17, 15) is 15.0 Å². The Hall–Kier alpha value is -1.71. The monoisotopic (exact) mass is 332 g/mol. The van der Waals surface area contributed by atoms with Crippen molar-refractivity contribution in [2.75, 3.05) is 7.11 Å². The van der Waals surface area contributed by atoms with E-state index in [-0.39, 0.29) is 34.5 Å². The van der Waals surface area contributed by atoms with Crippen LogP contribution in [0.15, 0.2) is 0 Å². The summed E-state index contributed by atoms with van der Waals surface area (Å²) >= 11 is 0. The maximum absolute atomic E-state index is 13.3. The number of carbonyl (C=O) groups excluding carboxylic acids is 1. The van der Waals surface area contributed by atoms with Crippen molar-refractivity contribution in [3.63, 3.8) is 0 Å². The van der Waals surface area contributed by atoms with Crippen molar-refractivity contribution in [2.24, 2.45) is 11.3 Å². The maximum Gasteiger partial charge on any atom is 0.171 e. The Labute approximate surface area is 143 Å². The van der Waals surface area contributed by atoms with Crippen LogP contribution in [-0.2, 0) is 5.41 Å². The van der Waals surface area contributed by atoms with Gasteiger partial charge in [-0.3, -0.25) is 4.79 Å². The summed E-state index contributed by atoms with van der Waals surface area (Å²) in [5, 5.41) is 21.9. The van der Waals surface area contributed by atoms with Crippen LogP contribution in [0.2, 0.25) is 0 Å². The Bertz CT molecular complexity index is 717. The molecule has 132 valence electrons. The molecule has 0 amide bonds. The van der Waals surface area contributed by atoms with Gasteiger partial charge in [-0.05, 0) is 24.2 Å². The number of benzene rings is 1. The van der Waals surface area contributed by atoms with E-state index in [4.69, 9.17) is 4.74 Å². The molecule has 0 bridgehead atoms. The Morgan fingerprint density at radius 1 is 1.12 bits per heavy atom. The third kappa shape index (κ3) is 1.95. The number of phenolic OH excluding ortho intramolecular Hbond substituents is 2. The molecule has 0 aliphatic heterocycles. The summed E-state index contributed by atoms with van der Waals surface area (Å²) in [6.07, 6.45) is 2.81. The van der Waals surface area contributed by atoms with Crippen molar-refractivity contribution in [1.82, 2.24) is 0 Å². The zero-order valence-corrected chi connectivity index (χ0v) is 15.5. The fourth-order valence-electron chi connectivity index (χ4n) is 5.38. The minimum Gasteiger partial charge on any atom is -0.507 e. The number of carbonyl (C=O) groups is 1. The molecule has 4 nitrogen and oxygen atoms in total. The number of hydrogen-bond donors (Lipinski definition) is 2. The molecule has 2 N–H and O–H groups in total. The van der Waals surface area contributed by atoms with Gasteiger partial charge in [0.2, 0.25) is 0 Å². The van der Waals surface area contributed by atoms with Crippen LogP contribution in [0.3, 0.4) is 0 Å². The lowest BCUT2D eigenvalue weighted by atomic mass is 9.56. The number of hydrogen-bond acceptors (Lipinski definition) is 4. The molecule has 0 saturated heterocycles. The molecule has 2 atom stereocenters. The van der Waals surface area contributed by atoms with Gasteiger partial charge in [-0.1, -0.05) is 41.0 Å². The predicted octanol–water partition coefficient (Wildman–Crippen LogP) is 4.51. The van der Waals surface area contributed by atoms with Gasteiger partial charge >= 0.3 is 0 Å². The first kappa shape index (κ1) is 17.1. The number of Topliss-reactive ketones (excluding diaryl/α,β-unsaturated/α-hetero) is 1. The highest BCUT2D eigenvalue weighted by atomic mass is 16.5. The van der Waals surface area contributed by atoms with Crippen LogP contribution >= 0.6 is 0 Å². The quantitative estimate of drug-likeness (QED) is 0.782. The van der Waals surface area contributed by atoms with Gasteiger partial charge in [0.1, 0.15) is 5.75 Å². The third-order valence-corrected chi connectivity index (χ3v) is 6.24. The average molecular weight is 332 g/mol. The Morgan fingerprint density at radius 2 is 1.75 bits per heavy atom. The molecule has 1 saturated carbocycles. The van der Waals surface area contributed by atoms with Gasteiger partial charge in [-0.2, -0.15) is 0 Å². The fourth-order valence-corrected chi connectivity index (χ4v) is 5.38. The summed E-state index contributed by atoms with van der Waals surface area (Å²) < 4.78 is 5.43. The van der Waals surface area contributed by atoms with Gasteiger partial charge in [0.15, 0.2) is 17.3 Å². The fraction of sp³-hybridized carbons (Fsp3) is 0.650. The number of phenols is 2. The van der Waals surface area contributed by atoms with E-state index in [0.717, 1.165) is 19.3 Å². The zero-order chi connectivity index (χ0) is 18.0. The second-order valence-corrected chi connectivity index (χ2v) is 8.61.